The molecule has 0 saturated carbocycles. The summed E-state index contributed by atoms with van der Waals surface area (Å²) in [6, 6.07) is 5.93. The number of hydrogen-bond acceptors (Lipinski definition) is 3. The molecule has 0 amide bonds. The third-order valence-electron chi connectivity index (χ3n) is 2.39. The summed E-state index contributed by atoms with van der Waals surface area (Å²) in [7, 11) is 0. The SMILES string of the molecule is C=CC(C)Oc1ccc(CCN)cc1OCC. The third-order valence-corrected chi connectivity index (χ3v) is 2.39. The van der Waals surface area contributed by atoms with Crippen LogP contribution in [-0.4, -0.2) is 19.3 Å². The number of nitrogens with two attached hydrogens (primary N) is 1. The fraction of sp³-hybridized carbons (Fsp3) is 0.429. The first kappa shape index (κ1) is 13.6. The van der Waals surface area contributed by atoms with Gasteiger partial charge in [0.05, 0.1) is 6.61 Å². The van der Waals surface area contributed by atoms with E-state index >= 15 is 0 Å². The Labute approximate surface area is 103 Å². The van der Waals surface area contributed by atoms with E-state index < -0.39 is 0 Å². The highest BCUT2D eigenvalue weighted by atomic mass is 16.5. The van der Waals surface area contributed by atoms with Gasteiger partial charge in [0.1, 0.15) is 6.10 Å². The van der Waals surface area contributed by atoms with Gasteiger partial charge >= 0.3 is 0 Å². The minimum absolute atomic E-state index is 0.0328. The van der Waals surface area contributed by atoms with E-state index in [-0.39, 0.29) is 6.10 Å². The highest BCUT2D eigenvalue weighted by Gasteiger charge is 2.08. The first-order valence-corrected chi connectivity index (χ1v) is 5.96. The van der Waals surface area contributed by atoms with Gasteiger partial charge in [0, 0.05) is 0 Å². The van der Waals surface area contributed by atoms with Crippen molar-refractivity contribution in [1.82, 2.24) is 0 Å². The molecular formula is C14H21NO2. The number of benzene rings is 1. The van der Waals surface area contributed by atoms with Crippen LogP contribution >= 0.6 is 0 Å². The van der Waals surface area contributed by atoms with Crippen LogP contribution in [0.5, 0.6) is 11.5 Å². The van der Waals surface area contributed by atoms with Crippen molar-refractivity contribution >= 4 is 0 Å². The van der Waals surface area contributed by atoms with Crippen LogP contribution in [0.4, 0.5) is 0 Å². The Bertz CT molecular complexity index is 363. The molecule has 1 aromatic rings. The third kappa shape index (κ3) is 4.11. The van der Waals surface area contributed by atoms with Crippen LogP contribution < -0.4 is 15.2 Å². The molecule has 17 heavy (non-hydrogen) atoms. The minimum atomic E-state index is -0.0328. The zero-order chi connectivity index (χ0) is 12.7. The molecule has 0 heterocycles. The molecule has 1 rings (SSSR count). The average Bonchev–Trinajstić information content (AvgIpc) is 2.33. The standard InChI is InChI=1S/C14H21NO2/c1-4-11(3)17-13-7-6-12(8-9-15)10-14(13)16-5-2/h4,6-7,10-11H,1,5,8-9,15H2,2-3H3. The first-order chi connectivity index (χ1) is 8.21. The molecule has 0 aromatic heterocycles. The van der Waals surface area contributed by atoms with Gasteiger partial charge in [-0.15, -0.1) is 0 Å². The summed E-state index contributed by atoms with van der Waals surface area (Å²) in [5.41, 5.74) is 6.70. The van der Waals surface area contributed by atoms with E-state index in [9.17, 15) is 0 Å². The Kier molecular flexibility index (Phi) is 5.57. The molecular weight excluding hydrogens is 214 g/mol. The lowest BCUT2D eigenvalue weighted by molar-refractivity contribution is 0.245. The Morgan fingerprint density at radius 1 is 1.41 bits per heavy atom. The maximum absolute atomic E-state index is 5.71. The van der Waals surface area contributed by atoms with E-state index in [1.54, 1.807) is 6.08 Å². The summed E-state index contributed by atoms with van der Waals surface area (Å²) in [6.07, 6.45) is 2.57. The van der Waals surface area contributed by atoms with Crippen LogP contribution in [0.3, 0.4) is 0 Å². The highest BCUT2D eigenvalue weighted by molar-refractivity contribution is 5.43. The van der Waals surface area contributed by atoms with Crippen LogP contribution in [0.2, 0.25) is 0 Å². The monoisotopic (exact) mass is 235 g/mol. The van der Waals surface area contributed by atoms with E-state index in [0.717, 1.165) is 23.5 Å². The van der Waals surface area contributed by atoms with E-state index in [1.165, 1.54) is 0 Å². The Hall–Kier alpha value is -1.48. The van der Waals surface area contributed by atoms with E-state index in [1.807, 2.05) is 32.0 Å². The van der Waals surface area contributed by atoms with Gasteiger partial charge in [0.2, 0.25) is 0 Å². The molecule has 0 bridgehead atoms. The van der Waals surface area contributed by atoms with Crippen molar-refractivity contribution in [3.8, 4) is 11.5 Å². The van der Waals surface area contributed by atoms with Gasteiger partial charge in [0.15, 0.2) is 11.5 Å². The molecule has 0 aliphatic carbocycles. The second-order valence-corrected chi connectivity index (χ2v) is 3.81. The first-order valence-electron chi connectivity index (χ1n) is 5.96. The molecule has 0 fully saturated rings. The van der Waals surface area contributed by atoms with Gasteiger partial charge in [-0.3, -0.25) is 0 Å². The number of hydrogen-bond donors (Lipinski definition) is 1. The quantitative estimate of drug-likeness (QED) is 0.739. The molecule has 1 aromatic carbocycles. The maximum atomic E-state index is 5.71. The fourth-order valence-electron chi connectivity index (χ4n) is 1.49. The topological polar surface area (TPSA) is 44.5 Å². The molecule has 94 valence electrons. The van der Waals surface area contributed by atoms with Gasteiger partial charge in [-0.25, -0.2) is 0 Å². The lowest BCUT2D eigenvalue weighted by atomic mass is 10.1. The smallest absolute Gasteiger partial charge is 0.162 e. The zero-order valence-corrected chi connectivity index (χ0v) is 10.6. The summed E-state index contributed by atoms with van der Waals surface area (Å²) < 4.78 is 11.3. The number of ether oxygens (including phenoxy) is 2. The van der Waals surface area contributed by atoms with Crippen LogP contribution in [0.1, 0.15) is 19.4 Å². The largest absolute Gasteiger partial charge is 0.490 e. The van der Waals surface area contributed by atoms with E-state index in [2.05, 4.69) is 6.58 Å². The highest BCUT2D eigenvalue weighted by Crippen LogP contribution is 2.29. The van der Waals surface area contributed by atoms with Crippen LogP contribution in [0, 0.1) is 0 Å². The maximum Gasteiger partial charge on any atom is 0.162 e. The fourth-order valence-corrected chi connectivity index (χ4v) is 1.49. The van der Waals surface area contributed by atoms with Crippen LogP contribution in [0.15, 0.2) is 30.9 Å². The van der Waals surface area contributed by atoms with Crippen LogP contribution in [-0.2, 0) is 6.42 Å². The Morgan fingerprint density at radius 3 is 2.76 bits per heavy atom. The summed E-state index contributed by atoms with van der Waals surface area (Å²) in [5, 5.41) is 0. The number of rotatable bonds is 7. The Balaban J connectivity index is 2.90. The summed E-state index contributed by atoms with van der Waals surface area (Å²) in [4.78, 5) is 0. The van der Waals surface area contributed by atoms with Crippen molar-refractivity contribution in [2.45, 2.75) is 26.4 Å². The molecule has 0 aliphatic heterocycles. The minimum Gasteiger partial charge on any atom is -0.490 e. The van der Waals surface area contributed by atoms with Crippen molar-refractivity contribution < 1.29 is 9.47 Å². The van der Waals surface area contributed by atoms with Gasteiger partial charge in [-0.2, -0.15) is 0 Å². The van der Waals surface area contributed by atoms with E-state index in [0.29, 0.717) is 13.2 Å². The predicted octanol–water partition coefficient (Wildman–Crippen LogP) is 2.54. The zero-order valence-electron chi connectivity index (χ0n) is 10.6. The lowest BCUT2D eigenvalue weighted by Gasteiger charge is -2.15. The van der Waals surface area contributed by atoms with Gasteiger partial charge in [0.25, 0.3) is 0 Å². The van der Waals surface area contributed by atoms with Crippen LogP contribution in [0.25, 0.3) is 0 Å². The molecule has 0 aliphatic rings. The predicted molar refractivity (Wildman–Crippen MR) is 70.7 cm³/mol. The van der Waals surface area contributed by atoms with Gasteiger partial charge in [-0.05, 0) is 44.5 Å². The molecule has 3 heteroatoms. The molecule has 3 nitrogen and oxygen atoms in total. The lowest BCUT2D eigenvalue weighted by Crippen LogP contribution is -2.09. The summed E-state index contributed by atoms with van der Waals surface area (Å²) in [6.45, 7) is 8.84. The van der Waals surface area contributed by atoms with Crippen molar-refractivity contribution in [3.05, 3.63) is 36.4 Å². The molecule has 0 radical (unpaired) electrons. The molecule has 2 N–H and O–H groups in total. The molecule has 1 atom stereocenters. The molecule has 0 spiro atoms. The van der Waals surface area contributed by atoms with Crippen molar-refractivity contribution in [3.63, 3.8) is 0 Å². The molecule has 1 unspecified atom stereocenters. The second kappa shape index (κ2) is 6.97. The van der Waals surface area contributed by atoms with Gasteiger partial charge < -0.3 is 15.2 Å². The summed E-state index contributed by atoms with van der Waals surface area (Å²) in [5.74, 6) is 1.52. The van der Waals surface area contributed by atoms with Crippen molar-refractivity contribution in [1.29, 1.82) is 0 Å². The van der Waals surface area contributed by atoms with Gasteiger partial charge in [-0.1, -0.05) is 18.7 Å². The summed E-state index contributed by atoms with van der Waals surface area (Å²) >= 11 is 0. The van der Waals surface area contributed by atoms with Crippen molar-refractivity contribution in [2.24, 2.45) is 5.73 Å². The second-order valence-electron chi connectivity index (χ2n) is 3.81. The molecule has 0 saturated heterocycles. The van der Waals surface area contributed by atoms with E-state index in [4.69, 9.17) is 15.2 Å². The normalized spacial score (nSPS) is 11.9. The van der Waals surface area contributed by atoms with Crippen molar-refractivity contribution in [2.75, 3.05) is 13.2 Å². The Morgan fingerprint density at radius 2 is 2.18 bits per heavy atom. The average molecular weight is 235 g/mol.